The number of benzene rings is 1. The van der Waals surface area contributed by atoms with E-state index in [1.165, 1.54) is 4.90 Å². The Morgan fingerprint density at radius 2 is 1.61 bits per heavy atom. The topological polar surface area (TPSA) is 3.24 Å². The fraction of sp³-hybridized carbons (Fsp3) is 0.350. The maximum Gasteiger partial charge on any atom is 0.113 e. The van der Waals surface area contributed by atoms with Gasteiger partial charge in [0.25, 0.3) is 0 Å². The summed E-state index contributed by atoms with van der Waals surface area (Å²) in [6.07, 6.45) is 2.73. The second kappa shape index (κ2) is 14.1. The van der Waals surface area contributed by atoms with E-state index in [-0.39, 0.29) is 10.7 Å². The van der Waals surface area contributed by atoms with Crippen LogP contribution in [0.15, 0.2) is 71.3 Å². The van der Waals surface area contributed by atoms with Crippen LogP contribution in [0.4, 0.5) is 0 Å². The summed E-state index contributed by atoms with van der Waals surface area (Å²) in [6.45, 7) is 19.9. The fourth-order valence-electron chi connectivity index (χ4n) is 1.73. The lowest BCUT2D eigenvalue weighted by Crippen LogP contribution is -2.14. The molecule has 0 N–H and O–H groups in total. The summed E-state index contributed by atoms with van der Waals surface area (Å²) in [5, 5.41) is 0. The molecule has 1 unspecified atom stereocenters. The molecule has 1 nitrogen and oxygen atoms in total. The van der Waals surface area contributed by atoms with Gasteiger partial charge >= 0.3 is 0 Å². The van der Waals surface area contributed by atoms with Gasteiger partial charge < -0.3 is 0 Å². The zero-order chi connectivity index (χ0) is 18.4. The SMILES string of the molecule is CC.CC.[B]C(=C)/C=C(\C)N(C(=C)CC)S(=C)c1ccccc1. The summed E-state index contributed by atoms with van der Waals surface area (Å²) in [5.74, 6) is 4.29. The van der Waals surface area contributed by atoms with E-state index in [1.807, 2.05) is 58.9 Å². The fourth-order valence-corrected chi connectivity index (χ4v) is 3.26. The van der Waals surface area contributed by atoms with Crippen LogP contribution in [0, 0.1) is 0 Å². The zero-order valence-electron chi connectivity index (χ0n) is 15.7. The van der Waals surface area contributed by atoms with Gasteiger partial charge in [-0.25, -0.2) is 0 Å². The van der Waals surface area contributed by atoms with Crippen LogP contribution in [0.25, 0.3) is 0 Å². The Balaban J connectivity index is 0. The largest absolute Gasteiger partial charge is 0.296 e. The van der Waals surface area contributed by atoms with E-state index >= 15 is 0 Å². The van der Waals surface area contributed by atoms with Crippen molar-refractivity contribution in [3.05, 3.63) is 66.4 Å². The van der Waals surface area contributed by atoms with Gasteiger partial charge in [-0.1, -0.05) is 75.9 Å². The molecule has 0 fully saturated rings. The van der Waals surface area contributed by atoms with Gasteiger partial charge in [0.15, 0.2) is 0 Å². The summed E-state index contributed by atoms with van der Waals surface area (Å²) in [6, 6.07) is 10.2. The average Bonchev–Trinajstić information content (AvgIpc) is 2.58. The van der Waals surface area contributed by atoms with Crippen LogP contribution in [-0.2, 0) is 0 Å². The summed E-state index contributed by atoms with van der Waals surface area (Å²) >= 11 is 0. The van der Waals surface area contributed by atoms with Gasteiger partial charge in [0.05, 0.1) is 0 Å². The Kier molecular flexibility index (Phi) is 14.6. The van der Waals surface area contributed by atoms with E-state index in [0.29, 0.717) is 5.47 Å². The average molecular weight is 329 g/mol. The maximum atomic E-state index is 5.67. The van der Waals surface area contributed by atoms with Crippen molar-refractivity contribution in [3.63, 3.8) is 0 Å². The Morgan fingerprint density at radius 1 is 1.13 bits per heavy atom. The quantitative estimate of drug-likeness (QED) is 0.326. The molecular weight excluding hydrogens is 297 g/mol. The van der Waals surface area contributed by atoms with Crippen LogP contribution >= 0.6 is 10.7 Å². The minimum Gasteiger partial charge on any atom is -0.296 e. The first-order valence-corrected chi connectivity index (χ1v) is 9.52. The van der Waals surface area contributed by atoms with Crippen molar-refractivity contribution in [3.8, 4) is 0 Å². The number of rotatable bonds is 6. The van der Waals surface area contributed by atoms with Crippen LogP contribution in [-0.4, -0.2) is 18.0 Å². The normalized spacial score (nSPS) is 11.1. The summed E-state index contributed by atoms with van der Waals surface area (Å²) in [4.78, 5) is 1.17. The molecule has 0 saturated carbocycles. The summed E-state index contributed by atoms with van der Waals surface area (Å²) < 4.78 is 2.13. The molecule has 1 atom stereocenters. The van der Waals surface area contributed by atoms with E-state index in [0.717, 1.165) is 17.8 Å². The third-order valence-corrected chi connectivity index (χ3v) is 4.45. The highest BCUT2D eigenvalue weighted by Crippen LogP contribution is 2.36. The van der Waals surface area contributed by atoms with Crippen molar-refractivity contribution in [1.82, 2.24) is 4.31 Å². The molecule has 2 radical (unpaired) electrons. The van der Waals surface area contributed by atoms with Gasteiger partial charge in [0.1, 0.15) is 7.85 Å². The van der Waals surface area contributed by atoms with Crippen molar-refractivity contribution in [2.45, 2.75) is 52.9 Å². The molecule has 0 aromatic heterocycles. The maximum absolute atomic E-state index is 5.67. The summed E-state index contributed by atoms with van der Waals surface area (Å²) in [7, 11) is 5.34. The first kappa shape index (κ1) is 23.8. The third kappa shape index (κ3) is 8.66. The minimum atomic E-state index is -0.329. The monoisotopic (exact) mass is 329 g/mol. The Labute approximate surface area is 148 Å². The molecule has 126 valence electrons. The van der Waals surface area contributed by atoms with Gasteiger partial charge in [0, 0.05) is 16.3 Å². The molecule has 0 spiro atoms. The van der Waals surface area contributed by atoms with Gasteiger partial charge in [0.2, 0.25) is 0 Å². The highest BCUT2D eigenvalue weighted by Gasteiger charge is 2.12. The lowest BCUT2D eigenvalue weighted by atomic mass is 9.97. The van der Waals surface area contributed by atoms with Crippen molar-refractivity contribution < 1.29 is 0 Å². The van der Waals surface area contributed by atoms with Crippen LogP contribution in [0.3, 0.4) is 0 Å². The lowest BCUT2D eigenvalue weighted by molar-refractivity contribution is 0.670. The minimum absolute atomic E-state index is 0.329. The highest BCUT2D eigenvalue weighted by atomic mass is 32.2. The first-order valence-electron chi connectivity index (χ1n) is 8.17. The van der Waals surface area contributed by atoms with E-state index in [2.05, 4.69) is 42.4 Å². The summed E-state index contributed by atoms with van der Waals surface area (Å²) in [5.41, 5.74) is 2.58. The Morgan fingerprint density at radius 3 is 2.00 bits per heavy atom. The van der Waals surface area contributed by atoms with Crippen LogP contribution in [0.5, 0.6) is 0 Å². The van der Waals surface area contributed by atoms with Gasteiger partial charge in [-0.15, -0.1) is 12.1 Å². The molecule has 0 aliphatic carbocycles. The number of nitrogens with zero attached hydrogens (tertiary/aromatic N) is 1. The Bertz CT molecular complexity index is 518. The predicted molar refractivity (Wildman–Crippen MR) is 112 cm³/mol. The molecule has 1 aromatic rings. The molecule has 0 saturated heterocycles. The second-order valence-electron chi connectivity index (χ2n) is 4.25. The molecule has 1 aromatic carbocycles. The molecule has 0 aliphatic rings. The second-order valence-corrected chi connectivity index (χ2v) is 5.82. The lowest BCUT2D eigenvalue weighted by Gasteiger charge is -2.30. The van der Waals surface area contributed by atoms with Crippen LogP contribution in [0.2, 0.25) is 0 Å². The molecule has 0 amide bonds. The third-order valence-electron chi connectivity index (χ3n) is 2.65. The van der Waals surface area contributed by atoms with E-state index < -0.39 is 0 Å². The molecular formula is C20H32BNS. The van der Waals surface area contributed by atoms with Crippen molar-refractivity contribution >= 4 is 24.4 Å². The highest BCUT2D eigenvalue weighted by molar-refractivity contribution is 8.12. The van der Waals surface area contributed by atoms with Gasteiger partial charge in [-0.2, -0.15) is 0 Å². The molecule has 0 aliphatic heterocycles. The van der Waals surface area contributed by atoms with E-state index in [9.17, 15) is 0 Å². The predicted octanol–water partition coefficient (Wildman–Crippen LogP) is 6.53. The molecule has 0 heterocycles. The zero-order valence-corrected chi connectivity index (χ0v) is 16.5. The number of hydrogen-bond acceptors (Lipinski definition) is 1. The number of allylic oxidation sites excluding steroid dienone is 4. The van der Waals surface area contributed by atoms with Crippen molar-refractivity contribution in [1.29, 1.82) is 0 Å². The van der Waals surface area contributed by atoms with Crippen LogP contribution in [0.1, 0.15) is 48.0 Å². The van der Waals surface area contributed by atoms with Crippen molar-refractivity contribution in [2.24, 2.45) is 0 Å². The molecule has 23 heavy (non-hydrogen) atoms. The van der Waals surface area contributed by atoms with Crippen molar-refractivity contribution in [2.75, 3.05) is 0 Å². The standard InChI is InChI=1S/C16H20BNS.2C2H6/c1-6-14(3)18(15(4)12-13(2)17)19(5)16-10-8-7-9-11-16;2*1-2/h7-12H,2-3,5-6H2,1,4H3;2*1-2H3/b15-12+;;. The first-order chi connectivity index (χ1) is 11.0. The molecule has 1 rings (SSSR count). The van der Waals surface area contributed by atoms with Gasteiger partial charge in [-0.3, -0.25) is 4.31 Å². The van der Waals surface area contributed by atoms with Crippen LogP contribution < -0.4 is 0 Å². The smallest absolute Gasteiger partial charge is 0.113 e. The molecule has 0 bridgehead atoms. The molecule has 3 heteroatoms. The Hall–Kier alpha value is -1.48. The van der Waals surface area contributed by atoms with E-state index in [1.54, 1.807) is 0 Å². The number of hydrogen-bond donors (Lipinski definition) is 0. The van der Waals surface area contributed by atoms with E-state index in [4.69, 9.17) is 7.85 Å². The van der Waals surface area contributed by atoms with Gasteiger partial charge in [-0.05, 0) is 31.6 Å².